The normalized spacial score (nSPS) is 10.1. The molecule has 5 nitrogen and oxygen atoms in total. The van der Waals surface area contributed by atoms with Crippen LogP contribution >= 0.6 is 0 Å². The molecule has 1 amide bonds. The van der Waals surface area contributed by atoms with Gasteiger partial charge in [0.25, 0.3) is 0 Å². The Morgan fingerprint density at radius 3 is 2.83 bits per heavy atom. The summed E-state index contributed by atoms with van der Waals surface area (Å²) in [5.41, 5.74) is 2.07. The van der Waals surface area contributed by atoms with E-state index in [-0.39, 0.29) is 19.1 Å². The van der Waals surface area contributed by atoms with Crippen molar-refractivity contribution >= 4 is 11.9 Å². The number of amides is 1. The first-order valence-corrected chi connectivity index (χ1v) is 5.69. The number of hydrogen-bond donors (Lipinski definition) is 2. The molecule has 0 aliphatic carbocycles. The number of carboxylic acids is 1. The highest BCUT2D eigenvalue weighted by molar-refractivity contribution is 5.78. The second-order valence-corrected chi connectivity index (χ2v) is 3.96. The van der Waals surface area contributed by atoms with E-state index in [1.165, 1.54) is 0 Å². The molecular weight excluding hydrogens is 234 g/mol. The smallest absolute Gasteiger partial charge is 0.329 e. The first-order chi connectivity index (χ1) is 8.58. The Kier molecular flexibility index (Phi) is 5.87. The van der Waals surface area contributed by atoms with Gasteiger partial charge in [-0.3, -0.25) is 4.79 Å². The molecule has 0 radical (unpaired) electrons. The maximum Gasteiger partial charge on any atom is 0.329 e. The minimum absolute atomic E-state index is 0.0977. The van der Waals surface area contributed by atoms with Gasteiger partial charge in [-0.05, 0) is 12.5 Å². The molecule has 0 atom stereocenters. The molecule has 0 unspecified atom stereocenters. The molecule has 0 aromatic heterocycles. The molecule has 0 heterocycles. The second kappa shape index (κ2) is 7.45. The zero-order valence-corrected chi connectivity index (χ0v) is 10.3. The number of benzene rings is 1. The van der Waals surface area contributed by atoms with Crippen LogP contribution in [0, 0.1) is 6.92 Å². The molecule has 1 aromatic rings. The molecule has 0 spiro atoms. The first-order valence-electron chi connectivity index (χ1n) is 5.69. The van der Waals surface area contributed by atoms with Gasteiger partial charge in [-0.2, -0.15) is 0 Å². The number of carboxylic acid groups (broad SMARTS) is 1. The fourth-order valence-electron chi connectivity index (χ4n) is 1.49. The third kappa shape index (κ3) is 6.00. The highest BCUT2D eigenvalue weighted by Gasteiger charge is 2.03. The van der Waals surface area contributed by atoms with E-state index in [4.69, 9.17) is 9.84 Å². The van der Waals surface area contributed by atoms with Crippen molar-refractivity contribution in [2.45, 2.75) is 13.3 Å². The molecule has 98 valence electrons. The first kappa shape index (κ1) is 14.2. The lowest BCUT2D eigenvalue weighted by molar-refractivity contribution is -0.142. The standard InChI is InChI=1S/C13H17NO4/c1-10-3-2-4-11(7-10)8-12(15)14-5-6-18-9-13(16)17/h2-4,7H,5-6,8-9H2,1H3,(H,14,15)(H,16,17). The van der Waals surface area contributed by atoms with Crippen LogP contribution in [0.3, 0.4) is 0 Å². The molecule has 0 fully saturated rings. The molecule has 0 aliphatic rings. The monoisotopic (exact) mass is 251 g/mol. The summed E-state index contributed by atoms with van der Waals surface area (Å²) in [6, 6.07) is 7.74. The zero-order valence-electron chi connectivity index (χ0n) is 10.3. The average Bonchev–Trinajstić information content (AvgIpc) is 2.28. The predicted octanol–water partition coefficient (Wildman–Crippen LogP) is 0.755. The molecule has 0 saturated carbocycles. The van der Waals surface area contributed by atoms with Crippen LogP contribution in [0.4, 0.5) is 0 Å². The summed E-state index contributed by atoms with van der Waals surface area (Å²) in [6.45, 7) is 2.15. The topological polar surface area (TPSA) is 75.6 Å². The van der Waals surface area contributed by atoms with Crippen molar-refractivity contribution in [2.75, 3.05) is 19.8 Å². The Labute approximate surface area is 106 Å². The Morgan fingerprint density at radius 1 is 1.39 bits per heavy atom. The number of carbonyl (C=O) groups is 2. The number of ether oxygens (including phenoxy) is 1. The van der Waals surface area contributed by atoms with Crippen LogP contribution in [-0.4, -0.2) is 36.7 Å². The van der Waals surface area contributed by atoms with E-state index in [9.17, 15) is 9.59 Å². The summed E-state index contributed by atoms with van der Waals surface area (Å²) in [7, 11) is 0. The maximum absolute atomic E-state index is 11.5. The molecule has 2 N–H and O–H groups in total. The molecule has 0 aliphatic heterocycles. The predicted molar refractivity (Wildman–Crippen MR) is 66.3 cm³/mol. The molecule has 1 rings (SSSR count). The molecular formula is C13H17NO4. The van der Waals surface area contributed by atoms with Crippen LogP contribution < -0.4 is 5.32 Å². The fourth-order valence-corrected chi connectivity index (χ4v) is 1.49. The molecule has 1 aromatic carbocycles. The molecule has 5 heteroatoms. The van der Waals surface area contributed by atoms with Crippen LogP contribution in [-0.2, 0) is 20.7 Å². The van der Waals surface area contributed by atoms with Crippen molar-refractivity contribution in [1.82, 2.24) is 5.32 Å². The van der Waals surface area contributed by atoms with Crippen molar-refractivity contribution in [1.29, 1.82) is 0 Å². The van der Waals surface area contributed by atoms with Crippen LogP contribution in [0.1, 0.15) is 11.1 Å². The lowest BCUT2D eigenvalue weighted by Crippen LogP contribution is -2.29. The third-order valence-corrected chi connectivity index (χ3v) is 2.24. The van der Waals surface area contributed by atoms with E-state index in [2.05, 4.69) is 5.32 Å². The van der Waals surface area contributed by atoms with Gasteiger partial charge >= 0.3 is 5.97 Å². The summed E-state index contributed by atoms with van der Waals surface area (Å²) >= 11 is 0. The minimum Gasteiger partial charge on any atom is -0.480 e. The van der Waals surface area contributed by atoms with Gasteiger partial charge in [0.2, 0.25) is 5.91 Å². The van der Waals surface area contributed by atoms with E-state index >= 15 is 0 Å². The Balaban J connectivity index is 2.20. The van der Waals surface area contributed by atoms with Crippen molar-refractivity contribution in [3.8, 4) is 0 Å². The summed E-state index contributed by atoms with van der Waals surface area (Å²) < 4.78 is 4.80. The third-order valence-electron chi connectivity index (χ3n) is 2.24. The SMILES string of the molecule is Cc1cccc(CC(=O)NCCOCC(=O)O)c1. The lowest BCUT2D eigenvalue weighted by Gasteiger charge is -2.05. The maximum atomic E-state index is 11.5. The molecule has 18 heavy (non-hydrogen) atoms. The van der Waals surface area contributed by atoms with Crippen LogP contribution in [0.5, 0.6) is 0 Å². The summed E-state index contributed by atoms with van der Waals surface area (Å²) in [5, 5.41) is 11.0. The molecule has 0 saturated heterocycles. The highest BCUT2D eigenvalue weighted by atomic mass is 16.5. The summed E-state index contributed by atoms with van der Waals surface area (Å²) in [4.78, 5) is 21.7. The number of rotatable bonds is 7. The van der Waals surface area contributed by atoms with Gasteiger partial charge in [-0.1, -0.05) is 29.8 Å². The van der Waals surface area contributed by atoms with Crippen molar-refractivity contribution in [3.05, 3.63) is 35.4 Å². The van der Waals surface area contributed by atoms with Crippen LogP contribution in [0.15, 0.2) is 24.3 Å². The van der Waals surface area contributed by atoms with Crippen molar-refractivity contribution < 1.29 is 19.4 Å². The zero-order chi connectivity index (χ0) is 13.4. The Morgan fingerprint density at radius 2 is 2.17 bits per heavy atom. The van der Waals surface area contributed by atoms with Crippen LogP contribution in [0.2, 0.25) is 0 Å². The number of nitrogens with one attached hydrogen (secondary N) is 1. The van der Waals surface area contributed by atoms with E-state index < -0.39 is 5.97 Å². The quantitative estimate of drug-likeness (QED) is 0.701. The second-order valence-electron chi connectivity index (χ2n) is 3.96. The molecule has 0 bridgehead atoms. The van der Waals surface area contributed by atoms with Gasteiger partial charge < -0.3 is 15.2 Å². The van der Waals surface area contributed by atoms with E-state index in [1.807, 2.05) is 31.2 Å². The van der Waals surface area contributed by atoms with Gasteiger partial charge in [-0.15, -0.1) is 0 Å². The van der Waals surface area contributed by atoms with Gasteiger partial charge in [0.1, 0.15) is 6.61 Å². The van der Waals surface area contributed by atoms with Crippen molar-refractivity contribution in [3.63, 3.8) is 0 Å². The van der Waals surface area contributed by atoms with Gasteiger partial charge in [0.15, 0.2) is 0 Å². The summed E-state index contributed by atoms with van der Waals surface area (Å²) in [5.74, 6) is -1.11. The fraction of sp³-hybridized carbons (Fsp3) is 0.385. The van der Waals surface area contributed by atoms with E-state index in [1.54, 1.807) is 0 Å². The minimum atomic E-state index is -1.01. The van der Waals surface area contributed by atoms with Gasteiger partial charge in [0, 0.05) is 6.54 Å². The van der Waals surface area contributed by atoms with Gasteiger partial charge in [-0.25, -0.2) is 4.79 Å². The van der Waals surface area contributed by atoms with Crippen LogP contribution in [0.25, 0.3) is 0 Å². The lowest BCUT2D eigenvalue weighted by atomic mass is 10.1. The highest BCUT2D eigenvalue weighted by Crippen LogP contribution is 2.04. The Hall–Kier alpha value is -1.88. The Bertz CT molecular complexity index is 417. The largest absolute Gasteiger partial charge is 0.480 e. The number of carbonyl (C=O) groups excluding carboxylic acids is 1. The number of aryl methyl sites for hydroxylation is 1. The number of hydrogen-bond acceptors (Lipinski definition) is 3. The average molecular weight is 251 g/mol. The van der Waals surface area contributed by atoms with Crippen molar-refractivity contribution in [2.24, 2.45) is 0 Å². The van der Waals surface area contributed by atoms with E-state index in [0.717, 1.165) is 11.1 Å². The van der Waals surface area contributed by atoms with Gasteiger partial charge in [0.05, 0.1) is 13.0 Å². The van der Waals surface area contributed by atoms with E-state index in [0.29, 0.717) is 13.0 Å². The number of aliphatic carboxylic acids is 1. The summed E-state index contributed by atoms with van der Waals surface area (Å²) in [6.07, 6.45) is 0.320.